The summed E-state index contributed by atoms with van der Waals surface area (Å²) in [6.07, 6.45) is 3.69. The van der Waals surface area contributed by atoms with Crippen LogP contribution in [0.5, 0.6) is 5.75 Å². The third kappa shape index (κ3) is 6.25. The molecule has 3 aromatic rings. The van der Waals surface area contributed by atoms with E-state index < -0.39 is 5.97 Å². The van der Waals surface area contributed by atoms with E-state index in [0.717, 1.165) is 28.1 Å². The summed E-state index contributed by atoms with van der Waals surface area (Å²) >= 11 is 6.67. The lowest BCUT2D eigenvalue weighted by Gasteiger charge is -2.22. The Morgan fingerprint density at radius 2 is 1.91 bits per heavy atom. The van der Waals surface area contributed by atoms with Crippen molar-refractivity contribution in [2.45, 2.75) is 26.7 Å². The van der Waals surface area contributed by atoms with Crippen molar-refractivity contribution in [2.75, 3.05) is 25.6 Å². The van der Waals surface area contributed by atoms with Gasteiger partial charge in [0.25, 0.3) is 5.91 Å². The number of aliphatic carboxylic acids is 1. The van der Waals surface area contributed by atoms with E-state index in [1.807, 2.05) is 44.2 Å². The summed E-state index contributed by atoms with van der Waals surface area (Å²) in [5, 5.41) is 9.30. The zero-order valence-corrected chi connectivity index (χ0v) is 21.0. The van der Waals surface area contributed by atoms with Gasteiger partial charge in [0.1, 0.15) is 5.75 Å². The van der Waals surface area contributed by atoms with Crippen LogP contribution in [0.15, 0.2) is 53.7 Å². The number of amides is 1. The molecule has 1 N–H and O–H groups in total. The molecule has 3 rings (SSSR count). The highest BCUT2D eigenvalue weighted by Gasteiger charge is 2.23. The van der Waals surface area contributed by atoms with Gasteiger partial charge in [-0.1, -0.05) is 29.8 Å². The van der Waals surface area contributed by atoms with E-state index in [-0.39, 0.29) is 18.9 Å². The van der Waals surface area contributed by atoms with Crippen LogP contribution in [0.2, 0.25) is 5.02 Å². The molecule has 182 valence electrons. The van der Waals surface area contributed by atoms with Crippen LogP contribution in [-0.2, 0) is 4.79 Å². The van der Waals surface area contributed by atoms with Crippen molar-refractivity contribution in [1.29, 1.82) is 0 Å². The maximum Gasteiger partial charge on any atom is 0.303 e. The molecule has 0 aliphatic heterocycles. The fourth-order valence-corrected chi connectivity index (χ4v) is 3.99. The number of anilines is 1. The molecular formula is C27H28ClN3O4. The van der Waals surface area contributed by atoms with Gasteiger partial charge in [-0.15, -0.1) is 0 Å². The van der Waals surface area contributed by atoms with Crippen LogP contribution in [-0.4, -0.2) is 48.9 Å². The van der Waals surface area contributed by atoms with Gasteiger partial charge in [-0.2, -0.15) is 0 Å². The van der Waals surface area contributed by atoms with Gasteiger partial charge in [-0.25, -0.2) is 0 Å². The first kappa shape index (κ1) is 25.9. The third-order valence-corrected chi connectivity index (χ3v) is 5.82. The highest BCUT2D eigenvalue weighted by atomic mass is 35.5. The van der Waals surface area contributed by atoms with Crippen molar-refractivity contribution in [1.82, 2.24) is 4.98 Å². The minimum Gasteiger partial charge on any atom is -0.493 e. The molecule has 0 spiro atoms. The number of hydrogen-bond acceptors (Lipinski definition) is 5. The van der Waals surface area contributed by atoms with Crippen LogP contribution in [0.1, 0.15) is 40.0 Å². The van der Waals surface area contributed by atoms with Gasteiger partial charge in [-0.3, -0.25) is 19.6 Å². The third-order valence-electron chi connectivity index (χ3n) is 5.50. The number of aliphatic imine (C=N–C) groups is 1. The van der Waals surface area contributed by atoms with Crippen LogP contribution in [0.3, 0.4) is 0 Å². The molecule has 1 heterocycles. The SMILES string of the molecule is C/N=C/c1cc(C)ncc1-c1cc(C(=O)N(C)c2ccccc2C)c(OCCCC(=O)O)cc1Cl. The van der Waals surface area contributed by atoms with E-state index in [1.165, 1.54) is 0 Å². The second-order valence-electron chi connectivity index (χ2n) is 8.12. The minimum absolute atomic E-state index is 0.0348. The smallest absolute Gasteiger partial charge is 0.303 e. The van der Waals surface area contributed by atoms with Crippen molar-refractivity contribution in [3.8, 4) is 16.9 Å². The summed E-state index contributed by atoms with van der Waals surface area (Å²) in [6.45, 7) is 3.96. The highest BCUT2D eigenvalue weighted by molar-refractivity contribution is 6.34. The lowest BCUT2D eigenvalue weighted by atomic mass is 9.98. The molecule has 7 nitrogen and oxygen atoms in total. The number of aromatic nitrogens is 1. The first-order valence-electron chi connectivity index (χ1n) is 11.1. The predicted octanol–water partition coefficient (Wildman–Crippen LogP) is 5.59. The Balaban J connectivity index is 2.10. The van der Waals surface area contributed by atoms with Gasteiger partial charge >= 0.3 is 5.97 Å². The maximum absolute atomic E-state index is 13.7. The Kier molecular flexibility index (Phi) is 8.60. The molecule has 35 heavy (non-hydrogen) atoms. The summed E-state index contributed by atoms with van der Waals surface area (Å²) in [5.74, 6) is -0.897. The molecule has 0 aliphatic carbocycles. The Morgan fingerprint density at radius 1 is 1.17 bits per heavy atom. The molecule has 0 saturated heterocycles. The first-order valence-corrected chi connectivity index (χ1v) is 11.5. The summed E-state index contributed by atoms with van der Waals surface area (Å²) in [6, 6.07) is 12.8. The molecule has 0 atom stereocenters. The summed E-state index contributed by atoms with van der Waals surface area (Å²) in [5.41, 5.74) is 5.03. The van der Waals surface area contributed by atoms with Gasteiger partial charge in [0.05, 0.1) is 17.2 Å². The zero-order valence-electron chi connectivity index (χ0n) is 20.2. The Bertz CT molecular complexity index is 1270. The molecule has 0 unspecified atom stereocenters. The molecular weight excluding hydrogens is 466 g/mol. The lowest BCUT2D eigenvalue weighted by molar-refractivity contribution is -0.137. The first-order chi connectivity index (χ1) is 16.7. The van der Waals surface area contributed by atoms with Crippen LogP contribution < -0.4 is 9.64 Å². The molecule has 8 heteroatoms. The number of carboxylic acids is 1. The highest BCUT2D eigenvalue weighted by Crippen LogP contribution is 2.37. The summed E-state index contributed by atoms with van der Waals surface area (Å²) in [7, 11) is 3.39. The predicted molar refractivity (Wildman–Crippen MR) is 139 cm³/mol. The van der Waals surface area contributed by atoms with Crippen molar-refractivity contribution < 1.29 is 19.4 Å². The summed E-state index contributed by atoms with van der Waals surface area (Å²) in [4.78, 5) is 34.7. The zero-order chi connectivity index (χ0) is 25.5. The van der Waals surface area contributed by atoms with Crippen LogP contribution in [0.25, 0.3) is 11.1 Å². The second-order valence-corrected chi connectivity index (χ2v) is 8.53. The quantitative estimate of drug-likeness (QED) is 0.310. The largest absolute Gasteiger partial charge is 0.493 e. The van der Waals surface area contributed by atoms with Crippen molar-refractivity contribution in [3.05, 3.63) is 76.1 Å². The number of pyridine rings is 1. The van der Waals surface area contributed by atoms with Gasteiger partial charge in [0, 0.05) is 67.1 Å². The Hall–Kier alpha value is -3.71. The normalized spacial score (nSPS) is 11.0. The van der Waals surface area contributed by atoms with E-state index in [0.29, 0.717) is 28.3 Å². The number of benzene rings is 2. The molecule has 0 radical (unpaired) electrons. The van der Waals surface area contributed by atoms with E-state index in [4.69, 9.17) is 21.4 Å². The van der Waals surface area contributed by atoms with Crippen LogP contribution >= 0.6 is 11.6 Å². The number of aryl methyl sites for hydroxylation is 2. The van der Waals surface area contributed by atoms with E-state index in [1.54, 1.807) is 43.5 Å². The second kappa shape index (κ2) is 11.6. The molecule has 1 aromatic heterocycles. The number of carbonyl (C=O) groups excluding carboxylic acids is 1. The monoisotopic (exact) mass is 493 g/mol. The molecule has 2 aromatic carbocycles. The molecule has 0 fully saturated rings. The fourth-order valence-electron chi connectivity index (χ4n) is 3.74. The average molecular weight is 494 g/mol. The fraction of sp³-hybridized carbons (Fsp3) is 0.259. The number of para-hydroxylation sites is 1. The van der Waals surface area contributed by atoms with Crippen LogP contribution in [0.4, 0.5) is 5.69 Å². The average Bonchev–Trinajstić information content (AvgIpc) is 2.82. The molecule has 0 bridgehead atoms. The molecule has 0 aliphatic rings. The maximum atomic E-state index is 13.7. The topological polar surface area (TPSA) is 92.1 Å². The van der Waals surface area contributed by atoms with Crippen LogP contribution in [0, 0.1) is 13.8 Å². The van der Waals surface area contributed by atoms with Crippen molar-refractivity contribution in [2.24, 2.45) is 4.99 Å². The number of halogens is 1. The van der Waals surface area contributed by atoms with Gasteiger partial charge in [0.15, 0.2) is 0 Å². The number of nitrogens with zero attached hydrogens (tertiary/aromatic N) is 3. The number of carbonyl (C=O) groups is 2. The van der Waals surface area contributed by atoms with Gasteiger partial charge in [0.2, 0.25) is 0 Å². The molecule has 1 amide bonds. The van der Waals surface area contributed by atoms with Crippen molar-refractivity contribution in [3.63, 3.8) is 0 Å². The van der Waals surface area contributed by atoms with Gasteiger partial charge in [-0.05, 0) is 44.0 Å². The number of hydrogen-bond donors (Lipinski definition) is 1. The molecule has 0 saturated carbocycles. The van der Waals surface area contributed by atoms with Gasteiger partial charge < -0.3 is 14.7 Å². The Morgan fingerprint density at radius 3 is 2.60 bits per heavy atom. The van der Waals surface area contributed by atoms with Crippen molar-refractivity contribution >= 4 is 35.4 Å². The van der Waals surface area contributed by atoms with E-state index in [2.05, 4.69) is 9.98 Å². The minimum atomic E-state index is -0.908. The summed E-state index contributed by atoms with van der Waals surface area (Å²) < 4.78 is 5.86. The standard InChI is InChI=1S/C27H28ClN3O4/c1-17-8-5-6-9-24(17)31(4)27(34)21-13-20(22-16-30-18(2)12-19(22)15-29-3)23(28)14-25(21)35-11-7-10-26(32)33/h5-6,8-9,12-16H,7,10-11H2,1-4H3,(H,32,33)/b29-15+. The van der Waals surface area contributed by atoms with E-state index >= 15 is 0 Å². The number of ether oxygens (including phenoxy) is 1. The van der Waals surface area contributed by atoms with E-state index in [9.17, 15) is 9.59 Å². The number of rotatable bonds is 9. The number of carboxylic acid groups (broad SMARTS) is 1. The Labute approximate surface area is 210 Å². The lowest BCUT2D eigenvalue weighted by Crippen LogP contribution is -2.27.